The molecule has 4 heteroatoms. The van der Waals surface area contributed by atoms with Gasteiger partial charge in [-0.2, -0.15) is 0 Å². The summed E-state index contributed by atoms with van der Waals surface area (Å²) in [6.45, 7) is 0. The van der Waals surface area contributed by atoms with E-state index in [1.165, 1.54) is 24.3 Å². The highest BCUT2D eigenvalue weighted by molar-refractivity contribution is 9.09. The van der Waals surface area contributed by atoms with Crippen molar-refractivity contribution in [3.8, 4) is 5.75 Å². The third-order valence-electron chi connectivity index (χ3n) is 2.86. The van der Waals surface area contributed by atoms with Gasteiger partial charge in [0, 0.05) is 10.4 Å². The van der Waals surface area contributed by atoms with Crippen molar-refractivity contribution in [3.05, 3.63) is 65.2 Å². The molecule has 0 aliphatic heterocycles. The van der Waals surface area contributed by atoms with Crippen molar-refractivity contribution >= 4 is 15.9 Å². The largest absolute Gasteiger partial charge is 0.496 e. The van der Waals surface area contributed by atoms with Crippen LogP contribution in [-0.4, -0.2) is 7.11 Å². The van der Waals surface area contributed by atoms with E-state index in [-0.39, 0.29) is 16.5 Å². The maximum Gasteiger partial charge on any atom is 0.123 e. The Hall–Kier alpha value is -1.42. The van der Waals surface area contributed by atoms with Crippen molar-refractivity contribution in [2.24, 2.45) is 0 Å². The second-order valence-electron chi connectivity index (χ2n) is 4.18. The van der Waals surface area contributed by atoms with E-state index in [2.05, 4.69) is 15.9 Å². The molecule has 1 atom stereocenters. The molecule has 100 valence electrons. The van der Waals surface area contributed by atoms with Crippen molar-refractivity contribution < 1.29 is 13.5 Å². The van der Waals surface area contributed by atoms with Crippen molar-refractivity contribution in [3.63, 3.8) is 0 Å². The lowest BCUT2D eigenvalue weighted by molar-refractivity contribution is 0.408. The molecule has 0 aliphatic carbocycles. The number of halogens is 3. The zero-order chi connectivity index (χ0) is 13.8. The summed E-state index contributed by atoms with van der Waals surface area (Å²) < 4.78 is 31.4. The van der Waals surface area contributed by atoms with Gasteiger partial charge in [-0.05, 0) is 42.3 Å². The monoisotopic (exact) mass is 326 g/mol. The van der Waals surface area contributed by atoms with E-state index < -0.39 is 0 Å². The topological polar surface area (TPSA) is 9.23 Å². The molecule has 1 nitrogen and oxygen atoms in total. The van der Waals surface area contributed by atoms with E-state index in [4.69, 9.17) is 4.74 Å². The normalized spacial score (nSPS) is 12.2. The van der Waals surface area contributed by atoms with Crippen LogP contribution in [-0.2, 0) is 6.42 Å². The van der Waals surface area contributed by atoms with Gasteiger partial charge in [0.1, 0.15) is 17.4 Å². The fraction of sp³-hybridized carbons (Fsp3) is 0.200. The van der Waals surface area contributed by atoms with Gasteiger partial charge in [0.15, 0.2) is 0 Å². The van der Waals surface area contributed by atoms with Gasteiger partial charge < -0.3 is 4.74 Å². The Bertz CT molecular complexity index is 555. The van der Waals surface area contributed by atoms with E-state index in [0.29, 0.717) is 12.2 Å². The summed E-state index contributed by atoms with van der Waals surface area (Å²) in [5.74, 6) is 0.0583. The summed E-state index contributed by atoms with van der Waals surface area (Å²) in [5.41, 5.74) is 1.71. The molecule has 0 heterocycles. The highest BCUT2D eigenvalue weighted by Crippen LogP contribution is 2.34. The molecule has 2 aromatic rings. The molecule has 0 bridgehead atoms. The lowest BCUT2D eigenvalue weighted by Gasteiger charge is -2.14. The lowest BCUT2D eigenvalue weighted by Crippen LogP contribution is -1.99. The molecule has 0 radical (unpaired) electrons. The van der Waals surface area contributed by atoms with Crippen molar-refractivity contribution in [1.82, 2.24) is 0 Å². The van der Waals surface area contributed by atoms with Crippen LogP contribution in [0, 0.1) is 11.6 Å². The first-order valence-corrected chi connectivity index (χ1v) is 6.73. The van der Waals surface area contributed by atoms with Gasteiger partial charge >= 0.3 is 0 Å². The Morgan fingerprint density at radius 2 is 1.68 bits per heavy atom. The smallest absolute Gasteiger partial charge is 0.123 e. The van der Waals surface area contributed by atoms with E-state index in [0.717, 1.165) is 11.1 Å². The molecule has 0 N–H and O–H groups in total. The average molecular weight is 327 g/mol. The maximum absolute atomic E-state index is 13.3. The maximum atomic E-state index is 13.3. The zero-order valence-electron chi connectivity index (χ0n) is 10.4. The van der Waals surface area contributed by atoms with Crippen molar-refractivity contribution in [2.45, 2.75) is 11.2 Å². The van der Waals surface area contributed by atoms with Crippen LogP contribution >= 0.6 is 15.9 Å². The van der Waals surface area contributed by atoms with Crippen LogP contribution in [0.2, 0.25) is 0 Å². The summed E-state index contributed by atoms with van der Waals surface area (Å²) in [4.78, 5) is -0.0939. The highest BCUT2D eigenvalue weighted by atomic mass is 79.9. The molecular weight excluding hydrogens is 314 g/mol. The molecule has 1 unspecified atom stereocenters. The number of methoxy groups -OCH3 is 1. The third-order valence-corrected chi connectivity index (χ3v) is 3.67. The van der Waals surface area contributed by atoms with Crippen LogP contribution in [0.1, 0.15) is 16.0 Å². The predicted octanol–water partition coefficient (Wildman–Crippen LogP) is 4.65. The Morgan fingerprint density at radius 3 is 2.32 bits per heavy atom. The van der Waals surface area contributed by atoms with Gasteiger partial charge in [0.2, 0.25) is 0 Å². The van der Waals surface area contributed by atoms with E-state index >= 15 is 0 Å². The summed E-state index contributed by atoms with van der Waals surface area (Å²) in [5, 5.41) is 0. The molecule has 0 aromatic heterocycles. The number of benzene rings is 2. The third kappa shape index (κ3) is 3.53. The van der Waals surface area contributed by atoms with Gasteiger partial charge in [-0.15, -0.1) is 0 Å². The van der Waals surface area contributed by atoms with Crippen LogP contribution in [0.5, 0.6) is 5.75 Å². The fourth-order valence-corrected chi connectivity index (χ4v) is 2.62. The molecule has 2 rings (SSSR count). The minimum atomic E-state index is -0.306. The number of ether oxygens (including phenoxy) is 1. The second-order valence-corrected chi connectivity index (χ2v) is 5.29. The molecule has 0 saturated carbocycles. The Balaban J connectivity index is 2.21. The van der Waals surface area contributed by atoms with Gasteiger partial charge in [-0.25, -0.2) is 8.78 Å². The van der Waals surface area contributed by atoms with Crippen LogP contribution in [0.3, 0.4) is 0 Å². The zero-order valence-corrected chi connectivity index (χ0v) is 12.0. The molecule has 0 saturated heterocycles. The summed E-state index contributed by atoms with van der Waals surface area (Å²) in [6, 6.07) is 10.7. The summed E-state index contributed by atoms with van der Waals surface area (Å²) >= 11 is 3.53. The quantitative estimate of drug-likeness (QED) is 0.743. The SMILES string of the molecule is COc1ccc(F)cc1C(Br)Cc1ccc(F)cc1. The number of rotatable bonds is 4. The van der Waals surface area contributed by atoms with Crippen molar-refractivity contribution in [2.75, 3.05) is 7.11 Å². The lowest BCUT2D eigenvalue weighted by atomic mass is 10.0. The van der Waals surface area contributed by atoms with Crippen LogP contribution in [0.4, 0.5) is 8.78 Å². The Morgan fingerprint density at radius 1 is 1.05 bits per heavy atom. The van der Waals surface area contributed by atoms with Gasteiger partial charge in [-0.1, -0.05) is 28.1 Å². The molecular formula is C15H13BrF2O. The number of hydrogen-bond acceptors (Lipinski definition) is 1. The molecule has 0 spiro atoms. The standard InChI is InChI=1S/C15H13BrF2O/c1-19-15-7-6-12(18)9-13(15)14(16)8-10-2-4-11(17)5-3-10/h2-7,9,14H,8H2,1H3. The van der Waals surface area contributed by atoms with Gasteiger partial charge in [0.25, 0.3) is 0 Å². The van der Waals surface area contributed by atoms with E-state index in [1.54, 1.807) is 25.3 Å². The number of hydrogen-bond donors (Lipinski definition) is 0. The molecule has 0 fully saturated rings. The summed E-state index contributed by atoms with van der Waals surface area (Å²) in [6.07, 6.45) is 0.625. The average Bonchev–Trinajstić information content (AvgIpc) is 2.41. The van der Waals surface area contributed by atoms with Crippen LogP contribution in [0.15, 0.2) is 42.5 Å². The molecule has 19 heavy (non-hydrogen) atoms. The van der Waals surface area contributed by atoms with Crippen LogP contribution < -0.4 is 4.74 Å². The molecule has 2 aromatic carbocycles. The molecule has 0 amide bonds. The van der Waals surface area contributed by atoms with Gasteiger partial charge in [-0.3, -0.25) is 0 Å². The minimum absolute atomic E-state index is 0.0939. The van der Waals surface area contributed by atoms with E-state index in [1.807, 2.05) is 0 Å². The first-order valence-electron chi connectivity index (χ1n) is 5.82. The first kappa shape index (κ1) is 14.0. The predicted molar refractivity (Wildman–Crippen MR) is 74.7 cm³/mol. The highest BCUT2D eigenvalue weighted by Gasteiger charge is 2.14. The summed E-state index contributed by atoms with van der Waals surface area (Å²) in [7, 11) is 1.55. The Labute approximate surface area is 119 Å². The van der Waals surface area contributed by atoms with Gasteiger partial charge in [0.05, 0.1) is 7.11 Å². The van der Waals surface area contributed by atoms with E-state index in [9.17, 15) is 8.78 Å². The second kappa shape index (κ2) is 6.15. The Kier molecular flexibility index (Phi) is 4.53. The first-order chi connectivity index (χ1) is 9.10. The fourth-order valence-electron chi connectivity index (χ4n) is 1.89. The molecule has 0 aliphatic rings. The van der Waals surface area contributed by atoms with Crippen LogP contribution in [0.25, 0.3) is 0 Å². The number of alkyl halides is 1. The van der Waals surface area contributed by atoms with Crippen molar-refractivity contribution in [1.29, 1.82) is 0 Å². The minimum Gasteiger partial charge on any atom is -0.496 e.